The minimum absolute atomic E-state index is 0.215. The topological polar surface area (TPSA) is 40.5 Å². The quantitative estimate of drug-likeness (QED) is 0.667. The SMILES string of the molecule is C=CCc1ccc(CCc2cc(O)c3ccc(O)cc3c2)cc1. The molecule has 0 aliphatic carbocycles. The van der Waals surface area contributed by atoms with Crippen molar-refractivity contribution in [3.63, 3.8) is 0 Å². The molecule has 0 aliphatic rings. The summed E-state index contributed by atoms with van der Waals surface area (Å²) in [6.07, 6.45) is 4.56. The van der Waals surface area contributed by atoms with E-state index in [9.17, 15) is 10.2 Å². The average Bonchev–Trinajstić information content (AvgIpc) is 2.54. The van der Waals surface area contributed by atoms with Crippen molar-refractivity contribution in [1.82, 2.24) is 0 Å². The molecule has 3 aromatic carbocycles. The molecule has 23 heavy (non-hydrogen) atoms. The third-order valence-corrected chi connectivity index (χ3v) is 4.08. The van der Waals surface area contributed by atoms with Crippen molar-refractivity contribution in [1.29, 1.82) is 0 Å². The van der Waals surface area contributed by atoms with Crippen molar-refractivity contribution in [2.75, 3.05) is 0 Å². The van der Waals surface area contributed by atoms with E-state index < -0.39 is 0 Å². The third kappa shape index (κ3) is 3.54. The maximum atomic E-state index is 10.1. The van der Waals surface area contributed by atoms with Gasteiger partial charge in [0.15, 0.2) is 0 Å². The van der Waals surface area contributed by atoms with Crippen molar-refractivity contribution in [2.24, 2.45) is 0 Å². The maximum absolute atomic E-state index is 10.1. The molecule has 0 radical (unpaired) electrons. The van der Waals surface area contributed by atoms with Crippen LogP contribution in [0.25, 0.3) is 10.8 Å². The highest BCUT2D eigenvalue weighted by molar-refractivity contribution is 5.89. The van der Waals surface area contributed by atoms with Gasteiger partial charge in [-0.15, -0.1) is 6.58 Å². The summed E-state index contributed by atoms with van der Waals surface area (Å²) in [5, 5.41) is 21.4. The molecule has 0 amide bonds. The fourth-order valence-electron chi connectivity index (χ4n) is 2.84. The number of phenolic OH excluding ortho intramolecular Hbond substituents is 2. The van der Waals surface area contributed by atoms with E-state index in [1.165, 1.54) is 11.1 Å². The molecule has 2 nitrogen and oxygen atoms in total. The van der Waals surface area contributed by atoms with Crippen molar-refractivity contribution in [2.45, 2.75) is 19.3 Å². The summed E-state index contributed by atoms with van der Waals surface area (Å²) in [7, 11) is 0. The fourth-order valence-corrected chi connectivity index (χ4v) is 2.84. The Hall–Kier alpha value is -2.74. The van der Waals surface area contributed by atoms with Gasteiger partial charge in [-0.25, -0.2) is 0 Å². The number of fused-ring (bicyclic) bond motifs is 1. The van der Waals surface area contributed by atoms with E-state index in [4.69, 9.17) is 0 Å². The second kappa shape index (κ2) is 6.57. The zero-order valence-corrected chi connectivity index (χ0v) is 13.0. The Balaban J connectivity index is 1.77. The monoisotopic (exact) mass is 304 g/mol. The standard InChI is InChI=1S/C21H20O2/c1-2-3-15-4-6-16(7-5-15)8-9-17-12-18-14-19(22)10-11-20(18)21(23)13-17/h2,4-7,10-14,22-23H,1,3,8-9H2. The van der Waals surface area contributed by atoms with Crippen LogP contribution < -0.4 is 0 Å². The first-order chi connectivity index (χ1) is 11.2. The zero-order chi connectivity index (χ0) is 16.2. The average molecular weight is 304 g/mol. The van der Waals surface area contributed by atoms with Crippen LogP contribution in [0.3, 0.4) is 0 Å². The van der Waals surface area contributed by atoms with Gasteiger partial charge in [0.2, 0.25) is 0 Å². The molecule has 0 saturated carbocycles. The largest absolute Gasteiger partial charge is 0.508 e. The first kappa shape index (κ1) is 15.2. The van der Waals surface area contributed by atoms with Crippen LogP contribution in [0.1, 0.15) is 16.7 Å². The van der Waals surface area contributed by atoms with E-state index in [-0.39, 0.29) is 11.5 Å². The number of hydrogen-bond donors (Lipinski definition) is 2. The lowest BCUT2D eigenvalue weighted by atomic mass is 9.99. The minimum Gasteiger partial charge on any atom is -0.508 e. The highest BCUT2D eigenvalue weighted by atomic mass is 16.3. The number of allylic oxidation sites excluding steroid dienone is 1. The van der Waals surface area contributed by atoms with Crippen LogP contribution in [0.5, 0.6) is 11.5 Å². The second-order valence-electron chi connectivity index (χ2n) is 5.83. The second-order valence-corrected chi connectivity index (χ2v) is 5.83. The number of hydrogen-bond acceptors (Lipinski definition) is 2. The van der Waals surface area contributed by atoms with Gasteiger partial charge in [-0.1, -0.05) is 36.4 Å². The van der Waals surface area contributed by atoms with Gasteiger partial charge in [0.25, 0.3) is 0 Å². The van der Waals surface area contributed by atoms with Crippen LogP contribution in [0.15, 0.2) is 67.3 Å². The summed E-state index contributed by atoms with van der Waals surface area (Å²) >= 11 is 0. The van der Waals surface area contributed by atoms with Gasteiger partial charge in [0.1, 0.15) is 11.5 Å². The van der Waals surface area contributed by atoms with Crippen LogP contribution in [0.4, 0.5) is 0 Å². The van der Waals surface area contributed by atoms with E-state index in [1.807, 2.05) is 18.2 Å². The number of aryl methyl sites for hydroxylation is 2. The molecule has 0 saturated heterocycles. The minimum atomic E-state index is 0.215. The fraction of sp³-hybridized carbons (Fsp3) is 0.143. The van der Waals surface area contributed by atoms with E-state index in [2.05, 4.69) is 30.8 Å². The van der Waals surface area contributed by atoms with Crippen LogP contribution in [0, 0.1) is 0 Å². The summed E-state index contributed by atoms with van der Waals surface area (Å²) in [6, 6.07) is 17.4. The van der Waals surface area contributed by atoms with Gasteiger partial charge in [-0.05, 0) is 65.6 Å². The lowest BCUT2D eigenvalue weighted by Crippen LogP contribution is -1.92. The van der Waals surface area contributed by atoms with Crippen LogP contribution in [0.2, 0.25) is 0 Å². The molecule has 2 heteroatoms. The first-order valence-electron chi connectivity index (χ1n) is 7.79. The zero-order valence-electron chi connectivity index (χ0n) is 13.0. The Kier molecular flexibility index (Phi) is 4.33. The summed E-state index contributed by atoms with van der Waals surface area (Å²) in [5.74, 6) is 0.477. The molecule has 3 aromatic rings. The van der Waals surface area contributed by atoms with E-state index in [0.717, 1.165) is 35.6 Å². The normalized spacial score (nSPS) is 10.8. The Morgan fingerprint density at radius 2 is 1.48 bits per heavy atom. The van der Waals surface area contributed by atoms with Gasteiger partial charge < -0.3 is 10.2 Å². The molecule has 3 rings (SSSR count). The number of rotatable bonds is 5. The van der Waals surface area contributed by atoms with E-state index in [1.54, 1.807) is 18.2 Å². The highest BCUT2D eigenvalue weighted by Gasteiger charge is 2.05. The van der Waals surface area contributed by atoms with E-state index in [0.29, 0.717) is 0 Å². The van der Waals surface area contributed by atoms with Crippen molar-refractivity contribution in [3.05, 3.63) is 83.9 Å². The molecule has 0 unspecified atom stereocenters. The Morgan fingerprint density at radius 3 is 2.22 bits per heavy atom. The predicted molar refractivity (Wildman–Crippen MR) is 95.0 cm³/mol. The molecule has 0 fully saturated rings. The van der Waals surface area contributed by atoms with Crippen LogP contribution in [-0.4, -0.2) is 10.2 Å². The predicted octanol–water partition coefficient (Wildman–Crippen LogP) is 4.76. The molecule has 0 aliphatic heterocycles. The van der Waals surface area contributed by atoms with Crippen LogP contribution in [-0.2, 0) is 19.3 Å². The molecular formula is C21H20O2. The molecule has 0 spiro atoms. The summed E-state index contributed by atoms with van der Waals surface area (Å²) in [6.45, 7) is 3.75. The maximum Gasteiger partial charge on any atom is 0.123 e. The lowest BCUT2D eigenvalue weighted by Gasteiger charge is -2.08. The number of benzene rings is 3. The molecule has 116 valence electrons. The number of phenols is 2. The van der Waals surface area contributed by atoms with E-state index >= 15 is 0 Å². The molecule has 0 atom stereocenters. The Labute approximate surface area is 136 Å². The highest BCUT2D eigenvalue weighted by Crippen LogP contribution is 2.29. The summed E-state index contributed by atoms with van der Waals surface area (Å²) in [5.41, 5.74) is 3.60. The van der Waals surface area contributed by atoms with Crippen molar-refractivity contribution in [3.8, 4) is 11.5 Å². The molecule has 2 N–H and O–H groups in total. The lowest BCUT2D eigenvalue weighted by molar-refractivity contribution is 0.475. The molecular weight excluding hydrogens is 284 g/mol. The third-order valence-electron chi connectivity index (χ3n) is 4.08. The van der Waals surface area contributed by atoms with Crippen molar-refractivity contribution >= 4 is 10.8 Å². The number of aromatic hydroxyl groups is 2. The molecule has 0 aromatic heterocycles. The van der Waals surface area contributed by atoms with Crippen LogP contribution >= 0.6 is 0 Å². The van der Waals surface area contributed by atoms with Crippen molar-refractivity contribution < 1.29 is 10.2 Å². The van der Waals surface area contributed by atoms with Gasteiger partial charge in [-0.2, -0.15) is 0 Å². The Morgan fingerprint density at radius 1 is 0.783 bits per heavy atom. The van der Waals surface area contributed by atoms with Gasteiger partial charge in [0, 0.05) is 5.39 Å². The first-order valence-corrected chi connectivity index (χ1v) is 7.79. The van der Waals surface area contributed by atoms with Gasteiger partial charge in [-0.3, -0.25) is 0 Å². The Bertz CT molecular complexity index is 832. The molecule has 0 heterocycles. The summed E-state index contributed by atoms with van der Waals surface area (Å²) < 4.78 is 0. The van der Waals surface area contributed by atoms with Gasteiger partial charge >= 0.3 is 0 Å². The van der Waals surface area contributed by atoms with Gasteiger partial charge in [0.05, 0.1) is 0 Å². The molecule has 0 bridgehead atoms. The summed E-state index contributed by atoms with van der Waals surface area (Å²) in [4.78, 5) is 0. The smallest absolute Gasteiger partial charge is 0.123 e.